The summed E-state index contributed by atoms with van der Waals surface area (Å²) in [6.45, 7) is 4.00. The lowest BCUT2D eigenvalue weighted by Gasteiger charge is -1.72. The van der Waals surface area contributed by atoms with E-state index < -0.39 is 11.9 Å². The second-order valence-corrected chi connectivity index (χ2v) is 0.610. The fraction of sp³-hybridized carbons (Fsp3) is 0.500. The Morgan fingerprint density at radius 1 is 1.00 bits per heavy atom. The van der Waals surface area contributed by atoms with Gasteiger partial charge in [-0.25, -0.2) is 9.59 Å². The van der Waals surface area contributed by atoms with Crippen LogP contribution in [0.2, 0.25) is 0 Å². The maximum absolute atomic E-state index is 9.10. The predicted octanol–water partition coefficient (Wildman–Crippen LogP) is 0.182. The summed E-state index contributed by atoms with van der Waals surface area (Å²) in [6, 6.07) is 0. The van der Waals surface area contributed by atoms with E-state index in [1.807, 2.05) is 13.8 Å². The van der Waals surface area contributed by atoms with E-state index in [1.165, 1.54) is 0 Å². The minimum atomic E-state index is -1.82. The average Bonchev–Trinajstić information content (AvgIpc) is 1.72. The molecule has 0 fully saturated rings. The van der Waals surface area contributed by atoms with Crippen LogP contribution in [0.3, 0.4) is 0 Å². The van der Waals surface area contributed by atoms with Crippen LogP contribution in [0.1, 0.15) is 13.8 Å². The van der Waals surface area contributed by atoms with Crippen molar-refractivity contribution in [1.82, 2.24) is 0 Å². The minimum Gasteiger partial charge on any atom is -0.473 e. The summed E-state index contributed by atoms with van der Waals surface area (Å²) in [5.41, 5.74) is 0. The normalized spacial score (nSPS) is 6.25. The molecule has 8 heavy (non-hydrogen) atoms. The number of carboxylic acid groups (broad SMARTS) is 2. The topological polar surface area (TPSA) is 74.6 Å². The van der Waals surface area contributed by atoms with Crippen LogP contribution in [0.5, 0.6) is 0 Å². The first kappa shape index (κ1) is 10.0. The van der Waals surface area contributed by atoms with Gasteiger partial charge in [-0.05, 0) is 0 Å². The van der Waals surface area contributed by atoms with E-state index in [4.69, 9.17) is 19.8 Å². The highest BCUT2D eigenvalue weighted by Gasteiger charge is 2.04. The molecule has 0 rings (SSSR count). The van der Waals surface area contributed by atoms with Crippen molar-refractivity contribution in [2.45, 2.75) is 13.8 Å². The van der Waals surface area contributed by atoms with Gasteiger partial charge in [-0.1, -0.05) is 13.8 Å². The first-order chi connectivity index (χ1) is 3.64. The monoisotopic (exact) mass is 120 g/mol. The highest BCUT2D eigenvalue weighted by molar-refractivity contribution is 6.27. The molecule has 48 valence electrons. The molecule has 0 aliphatic heterocycles. The summed E-state index contributed by atoms with van der Waals surface area (Å²) in [5.74, 6) is -3.65. The van der Waals surface area contributed by atoms with Crippen molar-refractivity contribution in [1.29, 1.82) is 0 Å². The SMILES string of the molecule is CC.O=C(O)C(=O)O. The Labute approximate surface area is 46.8 Å². The molecule has 0 saturated heterocycles. The lowest BCUT2D eigenvalue weighted by molar-refractivity contribution is -0.159. The van der Waals surface area contributed by atoms with E-state index in [0.29, 0.717) is 0 Å². The van der Waals surface area contributed by atoms with Gasteiger partial charge in [0, 0.05) is 0 Å². The maximum atomic E-state index is 9.10. The Balaban J connectivity index is 0. The molecule has 0 aliphatic rings. The van der Waals surface area contributed by atoms with Crippen LogP contribution in [-0.2, 0) is 9.59 Å². The molecule has 0 amide bonds. The molecule has 4 nitrogen and oxygen atoms in total. The van der Waals surface area contributed by atoms with Crippen molar-refractivity contribution in [3.05, 3.63) is 0 Å². The molecule has 0 aromatic rings. The highest BCUT2D eigenvalue weighted by Crippen LogP contribution is 1.56. The number of carbonyl (C=O) groups is 2. The third kappa shape index (κ3) is 8.87. The van der Waals surface area contributed by atoms with Crippen molar-refractivity contribution in [2.75, 3.05) is 0 Å². The Kier molecular flexibility index (Phi) is 7.45. The molecular weight excluding hydrogens is 112 g/mol. The predicted molar refractivity (Wildman–Crippen MR) is 26.6 cm³/mol. The molecule has 0 aromatic carbocycles. The van der Waals surface area contributed by atoms with Crippen LogP contribution in [-0.4, -0.2) is 22.2 Å². The molecule has 0 radical (unpaired) electrons. The summed E-state index contributed by atoms with van der Waals surface area (Å²) in [7, 11) is 0. The molecule has 0 saturated carbocycles. The fourth-order valence-corrected chi connectivity index (χ4v) is 0. The number of hydrogen-bond donors (Lipinski definition) is 2. The summed E-state index contributed by atoms with van der Waals surface area (Å²) in [4.78, 5) is 18.2. The van der Waals surface area contributed by atoms with Gasteiger partial charge in [-0.2, -0.15) is 0 Å². The quantitative estimate of drug-likeness (QED) is 0.447. The minimum absolute atomic E-state index is 1.82. The Bertz CT molecular complexity index is 74.0. The molecule has 0 heterocycles. The number of hydrogen-bond acceptors (Lipinski definition) is 2. The third-order valence-corrected chi connectivity index (χ3v) is 0.183. The Hall–Kier alpha value is -1.06. The van der Waals surface area contributed by atoms with Crippen molar-refractivity contribution in [3.63, 3.8) is 0 Å². The molecule has 0 atom stereocenters. The second-order valence-electron chi connectivity index (χ2n) is 0.610. The van der Waals surface area contributed by atoms with E-state index in [2.05, 4.69) is 0 Å². The zero-order chi connectivity index (χ0) is 7.15. The van der Waals surface area contributed by atoms with Crippen LogP contribution in [0.15, 0.2) is 0 Å². The number of rotatable bonds is 0. The third-order valence-electron chi connectivity index (χ3n) is 0.183. The molecule has 0 spiro atoms. The summed E-state index contributed by atoms with van der Waals surface area (Å²) < 4.78 is 0. The van der Waals surface area contributed by atoms with Crippen molar-refractivity contribution < 1.29 is 19.8 Å². The van der Waals surface area contributed by atoms with Crippen LogP contribution in [0.25, 0.3) is 0 Å². The lowest BCUT2D eigenvalue weighted by atomic mass is 10.7. The van der Waals surface area contributed by atoms with Crippen LogP contribution in [0.4, 0.5) is 0 Å². The van der Waals surface area contributed by atoms with E-state index in [-0.39, 0.29) is 0 Å². The van der Waals surface area contributed by atoms with Gasteiger partial charge in [0.2, 0.25) is 0 Å². The van der Waals surface area contributed by atoms with E-state index >= 15 is 0 Å². The lowest BCUT2D eigenvalue weighted by Crippen LogP contribution is -2.09. The summed E-state index contributed by atoms with van der Waals surface area (Å²) in [6.07, 6.45) is 0. The standard InChI is InChI=1S/C2H2O4.C2H6/c3-1(4)2(5)6;1-2/h(H,3,4)(H,5,6);1-2H3. The van der Waals surface area contributed by atoms with E-state index in [9.17, 15) is 0 Å². The van der Waals surface area contributed by atoms with Gasteiger partial charge in [0.05, 0.1) is 0 Å². The zero-order valence-electron chi connectivity index (χ0n) is 4.71. The molecule has 2 N–H and O–H groups in total. The van der Waals surface area contributed by atoms with Gasteiger partial charge in [0.15, 0.2) is 0 Å². The maximum Gasteiger partial charge on any atom is 0.414 e. The second kappa shape index (κ2) is 5.94. The van der Waals surface area contributed by atoms with Gasteiger partial charge in [-0.3, -0.25) is 0 Å². The summed E-state index contributed by atoms with van der Waals surface area (Å²) in [5, 5.41) is 14.8. The Morgan fingerprint density at radius 2 is 1.12 bits per heavy atom. The van der Waals surface area contributed by atoms with Gasteiger partial charge in [0.25, 0.3) is 0 Å². The van der Waals surface area contributed by atoms with Crippen molar-refractivity contribution >= 4 is 11.9 Å². The molecule has 0 unspecified atom stereocenters. The number of aliphatic carboxylic acids is 2. The Morgan fingerprint density at radius 3 is 1.12 bits per heavy atom. The van der Waals surface area contributed by atoms with Gasteiger partial charge < -0.3 is 10.2 Å². The molecule has 4 heteroatoms. The molecule has 0 bridgehead atoms. The number of carboxylic acids is 2. The molecule has 0 aliphatic carbocycles. The van der Waals surface area contributed by atoms with Crippen molar-refractivity contribution in [2.24, 2.45) is 0 Å². The first-order valence-electron chi connectivity index (χ1n) is 2.11. The molecular formula is C4H8O4. The fourth-order valence-electron chi connectivity index (χ4n) is 0. The van der Waals surface area contributed by atoms with E-state index in [0.717, 1.165) is 0 Å². The first-order valence-corrected chi connectivity index (χ1v) is 2.11. The largest absolute Gasteiger partial charge is 0.473 e. The van der Waals surface area contributed by atoms with Gasteiger partial charge in [0.1, 0.15) is 0 Å². The summed E-state index contributed by atoms with van der Waals surface area (Å²) >= 11 is 0. The van der Waals surface area contributed by atoms with E-state index in [1.54, 1.807) is 0 Å². The average molecular weight is 120 g/mol. The highest BCUT2D eigenvalue weighted by atomic mass is 16.4. The zero-order valence-corrected chi connectivity index (χ0v) is 4.71. The van der Waals surface area contributed by atoms with Crippen LogP contribution < -0.4 is 0 Å². The van der Waals surface area contributed by atoms with Gasteiger partial charge in [-0.15, -0.1) is 0 Å². The van der Waals surface area contributed by atoms with Crippen molar-refractivity contribution in [3.8, 4) is 0 Å². The molecule has 0 aromatic heterocycles. The van der Waals surface area contributed by atoms with Crippen LogP contribution >= 0.6 is 0 Å². The van der Waals surface area contributed by atoms with Crippen LogP contribution in [0, 0.1) is 0 Å². The smallest absolute Gasteiger partial charge is 0.414 e. The van der Waals surface area contributed by atoms with Gasteiger partial charge >= 0.3 is 11.9 Å².